The van der Waals surface area contributed by atoms with Gasteiger partial charge in [-0.25, -0.2) is 4.98 Å². The summed E-state index contributed by atoms with van der Waals surface area (Å²) in [7, 11) is 0. The van der Waals surface area contributed by atoms with Crippen LogP contribution in [-0.4, -0.2) is 59.9 Å². The summed E-state index contributed by atoms with van der Waals surface area (Å²) < 4.78 is 89.5. The quantitative estimate of drug-likeness (QED) is 0.318. The Morgan fingerprint density at radius 1 is 0.949 bits per heavy atom. The Balaban J connectivity index is 1.18. The maximum atomic E-state index is 13.2. The number of hydrogen-bond donors (Lipinski definition) is 0. The summed E-state index contributed by atoms with van der Waals surface area (Å²) in [5.74, 6) is 0.0816. The van der Waals surface area contributed by atoms with Crippen LogP contribution in [0, 0.1) is 11.3 Å². The largest absolute Gasteiger partial charge is 0.490 e. The summed E-state index contributed by atoms with van der Waals surface area (Å²) in [5.41, 5.74) is -1.75. The van der Waals surface area contributed by atoms with Crippen LogP contribution in [0.2, 0.25) is 0 Å². The molecule has 1 aromatic carbocycles. The van der Waals surface area contributed by atoms with Crippen LogP contribution in [0.3, 0.4) is 0 Å². The van der Waals surface area contributed by atoms with E-state index in [4.69, 9.17) is 27.0 Å². The molecule has 0 amide bonds. The minimum absolute atomic E-state index is 0.0472. The maximum absolute atomic E-state index is 13.2. The van der Waals surface area contributed by atoms with Gasteiger partial charge in [0.05, 0.1) is 47.9 Å². The highest BCUT2D eigenvalue weighted by Crippen LogP contribution is 2.35. The molecule has 6 nitrogen and oxygen atoms in total. The van der Waals surface area contributed by atoms with E-state index in [1.807, 2.05) is 9.80 Å². The molecular formula is C26H26F6N4O2S. The van der Waals surface area contributed by atoms with E-state index in [-0.39, 0.29) is 24.6 Å². The van der Waals surface area contributed by atoms with Gasteiger partial charge < -0.3 is 19.3 Å². The van der Waals surface area contributed by atoms with Gasteiger partial charge in [-0.1, -0.05) is 12.2 Å². The lowest BCUT2D eigenvalue weighted by Crippen LogP contribution is -2.49. The van der Waals surface area contributed by atoms with E-state index in [1.165, 1.54) is 18.3 Å². The monoisotopic (exact) mass is 572 g/mol. The number of piperazine rings is 1. The van der Waals surface area contributed by atoms with Crippen molar-refractivity contribution < 1.29 is 35.8 Å². The number of benzene rings is 1. The number of halogens is 6. The van der Waals surface area contributed by atoms with E-state index in [9.17, 15) is 26.3 Å². The molecule has 0 radical (unpaired) electrons. The molecule has 0 unspecified atom stereocenters. The summed E-state index contributed by atoms with van der Waals surface area (Å²) in [6, 6.07) is 7.32. The van der Waals surface area contributed by atoms with Crippen LogP contribution in [0.15, 0.2) is 36.5 Å². The van der Waals surface area contributed by atoms with Crippen molar-refractivity contribution in [2.45, 2.75) is 50.2 Å². The smallest absolute Gasteiger partial charge is 0.433 e. The molecule has 1 aliphatic heterocycles. The highest BCUT2D eigenvalue weighted by Gasteiger charge is 2.35. The Morgan fingerprint density at radius 2 is 1.62 bits per heavy atom. The molecule has 1 saturated carbocycles. The molecule has 13 heteroatoms. The van der Waals surface area contributed by atoms with Gasteiger partial charge in [0.1, 0.15) is 16.4 Å². The van der Waals surface area contributed by atoms with Crippen LogP contribution in [0.25, 0.3) is 0 Å². The first-order valence-electron chi connectivity index (χ1n) is 12.4. The van der Waals surface area contributed by atoms with Crippen LogP contribution in [0.1, 0.15) is 42.5 Å². The topological polar surface area (TPSA) is 61.6 Å². The molecule has 1 aliphatic carbocycles. The van der Waals surface area contributed by atoms with Crippen molar-refractivity contribution in [3.63, 3.8) is 0 Å². The number of thiocarbonyl (C=S) groups is 1. The Bertz CT molecular complexity index is 1180. The molecule has 1 aromatic heterocycles. The van der Waals surface area contributed by atoms with Crippen LogP contribution < -0.4 is 9.64 Å². The normalized spacial score (nSPS) is 20.4. The van der Waals surface area contributed by atoms with Crippen LogP contribution in [0.4, 0.5) is 32.0 Å². The summed E-state index contributed by atoms with van der Waals surface area (Å²) in [6.45, 7) is 2.64. The molecule has 0 atom stereocenters. The Hall–Kier alpha value is -3.11. The van der Waals surface area contributed by atoms with Gasteiger partial charge in [0.25, 0.3) is 0 Å². The SMILES string of the molecule is N#Cc1ccc(OC2CCC(OCC(=S)N3CCN(c4ccc(C(F)(F)F)nc4)CC3)CC2)cc1C(F)(F)F. The van der Waals surface area contributed by atoms with Gasteiger partial charge in [-0.2, -0.15) is 31.6 Å². The highest BCUT2D eigenvalue weighted by atomic mass is 32.1. The van der Waals surface area contributed by atoms with Crippen LogP contribution >= 0.6 is 12.2 Å². The zero-order valence-corrected chi connectivity index (χ0v) is 21.6. The van der Waals surface area contributed by atoms with Crippen molar-refractivity contribution >= 4 is 22.9 Å². The van der Waals surface area contributed by atoms with Gasteiger partial charge in [-0.05, 0) is 56.0 Å². The molecule has 39 heavy (non-hydrogen) atoms. The van der Waals surface area contributed by atoms with E-state index in [1.54, 1.807) is 6.07 Å². The lowest BCUT2D eigenvalue weighted by atomic mass is 9.95. The second-order valence-corrected chi connectivity index (χ2v) is 9.88. The predicted octanol–water partition coefficient (Wildman–Crippen LogP) is 5.85. The number of anilines is 1. The number of pyridine rings is 1. The zero-order chi connectivity index (χ0) is 28.2. The van der Waals surface area contributed by atoms with E-state index in [0.29, 0.717) is 62.5 Å². The third-order valence-corrected chi connectivity index (χ3v) is 7.20. The molecule has 0 N–H and O–H groups in total. The molecular weight excluding hydrogens is 546 g/mol. The minimum atomic E-state index is -4.64. The Kier molecular flexibility index (Phi) is 8.86. The molecule has 2 aliphatic rings. The van der Waals surface area contributed by atoms with Crippen molar-refractivity contribution in [1.29, 1.82) is 5.26 Å². The van der Waals surface area contributed by atoms with E-state index >= 15 is 0 Å². The predicted molar refractivity (Wildman–Crippen MR) is 134 cm³/mol. The van der Waals surface area contributed by atoms with Crippen LogP contribution in [-0.2, 0) is 17.1 Å². The zero-order valence-electron chi connectivity index (χ0n) is 20.8. The maximum Gasteiger partial charge on any atom is 0.433 e. The standard InChI is InChI=1S/C26H26F6N4O2S/c27-25(28,29)22-13-21(3-1-17(22)14-33)38-20-6-4-19(5-7-20)37-16-24(39)36-11-9-35(10-12-36)18-2-8-23(34-15-18)26(30,31)32/h1-3,8,13,15,19-20H,4-7,9-12,16H2. The first kappa shape index (κ1) is 28.9. The second-order valence-electron chi connectivity index (χ2n) is 9.41. The second kappa shape index (κ2) is 12.0. The number of hydrogen-bond acceptors (Lipinski definition) is 6. The average molecular weight is 573 g/mol. The first-order chi connectivity index (χ1) is 18.4. The van der Waals surface area contributed by atoms with Gasteiger partial charge in [0, 0.05) is 26.2 Å². The first-order valence-corrected chi connectivity index (χ1v) is 12.8. The summed E-state index contributed by atoms with van der Waals surface area (Å²) in [5, 5.41) is 8.93. The molecule has 2 fully saturated rings. The number of ether oxygens (including phenoxy) is 2. The average Bonchev–Trinajstić information content (AvgIpc) is 2.91. The van der Waals surface area contributed by atoms with E-state index < -0.39 is 29.2 Å². The van der Waals surface area contributed by atoms with Crippen molar-refractivity contribution in [3.8, 4) is 11.8 Å². The van der Waals surface area contributed by atoms with Crippen molar-refractivity contribution in [1.82, 2.24) is 9.88 Å². The summed E-state index contributed by atoms with van der Waals surface area (Å²) in [4.78, 5) is 8.14. The Labute approximate surface area is 227 Å². The third-order valence-electron chi connectivity index (χ3n) is 6.82. The fourth-order valence-electron chi connectivity index (χ4n) is 4.67. The van der Waals surface area contributed by atoms with Crippen molar-refractivity contribution in [2.75, 3.05) is 37.7 Å². The lowest BCUT2D eigenvalue weighted by molar-refractivity contribution is -0.141. The van der Waals surface area contributed by atoms with Gasteiger partial charge in [-0.15, -0.1) is 0 Å². The van der Waals surface area contributed by atoms with Crippen LogP contribution in [0.5, 0.6) is 5.75 Å². The number of rotatable bonds is 6. The van der Waals surface area contributed by atoms with Gasteiger partial charge in [0.2, 0.25) is 0 Å². The van der Waals surface area contributed by atoms with Crippen molar-refractivity contribution in [2.24, 2.45) is 0 Å². The van der Waals surface area contributed by atoms with Gasteiger partial charge >= 0.3 is 12.4 Å². The number of alkyl halides is 6. The minimum Gasteiger partial charge on any atom is -0.490 e. The molecule has 2 aromatic rings. The molecule has 0 spiro atoms. The fourth-order valence-corrected chi connectivity index (χ4v) is 4.92. The molecule has 4 rings (SSSR count). The molecule has 210 valence electrons. The van der Waals surface area contributed by atoms with Gasteiger partial charge in [-0.3, -0.25) is 0 Å². The number of nitrogens with zero attached hydrogens (tertiary/aromatic N) is 4. The number of aromatic nitrogens is 1. The molecule has 0 bridgehead atoms. The van der Waals surface area contributed by atoms with E-state index in [0.717, 1.165) is 18.2 Å². The van der Waals surface area contributed by atoms with Gasteiger partial charge in [0.15, 0.2) is 0 Å². The fraction of sp³-hybridized carbons (Fsp3) is 0.500. The number of nitriles is 1. The molecule has 1 saturated heterocycles. The molecule has 2 heterocycles. The lowest BCUT2D eigenvalue weighted by Gasteiger charge is -2.37. The Morgan fingerprint density at radius 3 is 2.18 bits per heavy atom. The summed E-state index contributed by atoms with van der Waals surface area (Å²) >= 11 is 5.53. The summed E-state index contributed by atoms with van der Waals surface area (Å²) in [6.07, 6.45) is -5.61. The van der Waals surface area contributed by atoms with Crippen molar-refractivity contribution in [3.05, 3.63) is 53.3 Å². The third kappa shape index (κ3) is 7.51. The highest BCUT2D eigenvalue weighted by molar-refractivity contribution is 7.80. The van der Waals surface area contributed by atoms with E-state index in [2.05, 4.69) is 4.98 Å².